The van der Waals surface area contributed by atoms with E-state index in [4.69, 9.17) is 16.3 Å². The molecule has 0 bridgehead atoms. The molecule has 3 heteroatoms. The van der Waals surface area contributed by atoms with Crippen LogP contribution in [0.5, 0.6) is 0 Å². The highest BCUT2D eigenvalue weighted by atomic mass is 35.5. The summed E-state index contributed by atoms with van der Waals surface area (Å²) in [6.07, 6.45) is 0.769. The van der Waals surface area contributed by atoms with E-state index in [9.17, 15) is 4.79 Å². The monoisotopic (exact) mass is 300 g/mol. The molecule has 0 saturated carbocycles. The Hall–Kier alpha value is -1.80. The van der Waals surface area contributed by atoms with Gasteiger partial charge in [-0.3, -0.25) is 4.79 Å². The SMILES string of the molecule is C[C@H]1C[C@H](c2ccc(Cl)cc2)[C@@H](c2ccccc2)C(=O)O1. The number of hydrogen-bond donors (Lipinski definition) is 0. The van der Waals surface area contributed by atoms with Crippen LogP contribution in [-0.4, -0.2) is 12.1 Å². The van der Waals surface area contributed by atoms with Crippen LogP contribution in [0.3, 0.4) is 0 Å². The van der Waals surface area contributed by atoms with E-state index in [0.717, 1.165) is 17.5 Å². The summed E-state index contributed by atoms with van der Waals surface area (Å²) in [5, 5.41) is 0.710. The first kappa shape index (κ1) is 14.2. The van der Waals surface area contributed by atoms with Gasteiger partial charge in [0.15, 0.2) is 0 Å². The Morgan fingerprint density at radius 3 is 2.33 bits per heavy atom. The van der Waals surface area contributed by atoms with Crippen LogP contribution < -0.4 is 0 Å². The summed E-state index contributed by atoms with van der Waals surface area (Å²) in [5.74, 6) is -0.260. The van der Waals surface area contributed by atoms with Crippen molar-refractivity contribution in [3.8, 4) is 0 Å². The Kier molecular flexibility index (Phi) is 3.98. The van der Waals surface area contributed by atoms with Crippen LogP contribution in [0.2, 0.25) is 5.02 Å². The topological polar surface area (TPSA) is 26.3 Å². The normalized spacial score (nSPS) is 25.4. The van der Waals surface area contributed by atoms with Crippen LogP contribution >= 0.6 is 11.6 Å². The second-order valence-electron chi connectivity index (χ2n) is 5.53. The van der Waals surface area contributed by atoms with E-state index >= 15 is 0 Å². The first-order valence-corrected chi connectivity index (χ1v) is 7.54. The lowest BCUT2D eigenvalue weighted by atomic mass is 9.77. The van der Waals surface area contributed by atoms with Crippen LogP contribution in [0.4, 0.5) is 0 Å². The maximum Gasteiger partial charge on any atom is 0.314 e. The Morgan fingerprint density at radius 2 is 1.67 bits per heavy atom. The van der Waals surface area contributed by atoms with Gasteiger partial charge in [-0.2, -0.15) is 0 Å². The summed E-state index contributed by atoms with van der Waals surface area (Å²) < 4.78 is 5.46. The molecule has 1 fully saturated rings. The van der Waals surface area contributed by atoms with Crippen LogP contribution in [0.25, 0.3) is 0 Å². The minimum absolute atomic E-state index is 0.0573. The zero-order chi connectivity index (χ0) is 14.8. The van der Waals surface area contributed by atoms with Gasteiger partial charge in [-0.25, -0.2) is 0 Å². The summed E-state index contributed by atoms with van der Waals surface area (Å²) in [6.45, 7) is 1.95. The van der Waals surface area contributed by atoms with Crippen molar-refractivity contribution in [3.63, 3.8) is 0 Å². The van der Waals surface area contributed by atoms with Gasteiger partial charge in [-0.1, -0.05) is 54.1 Å². The summed E-state index contributed by atoms with van der Waals surface area (Å²) >= 11 is 5.97. The molecule has 3 atom stereocenters. The van der Waals surface area contributed by atoms with Gasteiger partial charge in [-0.05, 0) is 36.6 Å². The van der Waals surface area contributed by atoms with Crippen molar-refractivity contribution in [1.82, 2.24) is 0 Å². The number of esters is 1. The molecule has 0 amide bonds. The molecule has 2 aromatic carbocycles. The van der Waals surface area contributed by atoms with Gasteiger partial charge in [0.25, 0.3) is 0 Å². The number of carbonyl (C=O) groups is 1. The molecule has 0 N–H and O–H groups in total. The minimum Gasteiger partial charge on any atom is -0.462 e. The molecule has 0 aliphatic carbocycles. The number of rotatable bonds is 2. The molecule has 0 radical (unpaired) electrons. The van der Waals surface area contributed by atoms with Gasteiger partial charge >= 0.3 is 5.97 Å². The number of ether oxygens (including phenoxy) is 1. The first-order chi connectivity index (χ1) is 10.1. The third kappa shape index (κ3) is 2.96. The van der Waals surface area contributed by atoms with Crippen molar-refractivity contribution in [3.05, 3.63) is 70.7 Å². The smallest absolute Gasteiger partial charge is 0.314 e. The predicted octanol–water partition coefficient (Wildman–Crippen LogP) is 4.54. The van der Waals surface area contributed by atoms with Crippen molar-refractivity contribution >= 4 is 17.6 Å². The molecule has 2 aromatic rings. The highest BCUT2D eigenvalue weighted by Gasteiger charge is 2.38. The Morgan fingerprint density at radius 1 is 1.00 bits per heavy atom. The number of benzene rings is 2. The van der Waals surface area contributed by atoms with Gasteiger partial charge in [0.1, 0.15) is 0 Å². The second kappa shape index (κ2) is 5.90. The van der Waals surface area contributed by atoms with Gasteiger partial charge in [-0.15, -0.1) is 0 Å². The fraction of sp³-hybridized carbons (Fsp3) is 0.278. The molecule has 1 aliphatic heterocycles. The van der Waals surface area contributed by atoms with Crippen LogP contribution in [0.15, 0.2) is 54.6 Å². The second-order valence-corrected chi connectivity index (χ2v) is 5.97. The lowest BCUT2D eigenvalue weighted by Gasteiger charge is -2.34. The van der Waals surface area contributed by atoms with E-state index in [1.807, 2.05) is 61.5 Å². The summed E-state index contributed by atoms with van der Waals surface area (Å²) in [5.41, 5.74) is 2.14. The molecule has 1 saturated heterocycles. The van der Waals surface area contributed by atoms with Crippen molar-refractivity contribution in [1.29, 1.82) is 0 Å². The molecule has 21 heavy (non-hydrogen) atoms. The fourth-order valence-electron chi connectivity index (χ4n) is 3.04. The predicted molar refractivity (Wildman–Crippen MR) is 83.5 cm³/mol. The van der Waals surface area contributed by atoms with Gasteiger partial charge in [0.05, 0.1) is 12.0 Å². The fourth-order valence-corrected chi connectivity index (χ4v) is 3.17. The molecular weight excluding hydrogens is 284 g/mol. The molecule has 0 aromatic heterocycles. The van der Waals surface area contributed by atoms with Crippen LogP contribution in [0.1, 0.15) is 36.3 Å². The maximum absolute atomic E-state index is 12.4. The highest BCUT2D eigenvalue weighted by Crippen LogP contribution is 2.41. The van der Waals surface area contributed by atoms with Crippen LogP contribution in [0, 0.1) is 0 Å². The lowest BCUT2D eigenvalue weighted by Crippen LogP contribution is -2.34. The zero-order valence-electron chi connectivity index (χ0n) is 11.8. The number of halogens is 1. The minimum atomic E-state index is -0.247. The van der Waals surface area contributed by atoms with E-state index in [2.05, 4.69) is 0 Å². The van der Waals surface area contributed by atoms with Crippen molar-refractivity contribution in [2.45, 2.75) is 31.3 Å². The van der Waals surface area contributed by atoms with E-state index in [1.165, 1.54) is 0 Å². The Balaban J connectivity index is 2.01. The van der Waals surface area contributed by atoms with Gasteiger partial charge in [0, 0.05) is 10.9 Å². The number of cyclic esters (lactones) is 1. The molecule has 0 unspecified atom stereocenters. The quantitative estimate of drug-likeness (QED) is 0.761. The van der Waals surface area contributed by atoms with Crippen LogP contribution in [-0.2, 0) is 9.53 Å². The zero-order valence-corrected chi connectivity index (χ0v) is 12.6. The Bertz CT molecular complexity index is 621. The largest absolute Gasteiger partial charge is 0.462 e. The van der Waals surface area contributed by atoms with Crippen molar-refractivity contribution in [2.75, 3.05) is 0 Å². The summed E-state index contributed by atoms with van der Waals surface area (Å²) in [4.78, 5) is 12.4. The molecule has 1 aliphatic rings. The van der Waals surface area contributed by atoms with E-state index in [1.54, 1.807) is 0 Å². The number of carbonyl (C=O) groups excluding carboxylic acids is 1. The van der Waals surface area contributed by atoms with Crippen molar-refractivity contribution in [2.24, 2.45) is 0 Å². The highest BCUT2D eigenvalue weighted by molar-refractivity contribution is 6.30. The third-order valence-electron chi connectivity index (χ3n) is 4.02. The molecular formula is C18H17ClO2. The van der Waals surface area contributed by atoms with Crippen molar-refractivity contribution < 1.29 is 9.53 Å². The van der Waals surface area contributed by atoms with E-state index < -0.39 is 0 Å². The first-order valence-electron chi connectivity index (χ1n) is 7.16. The average Bonchev–Trinajstić information content (AvgIpc) is 2.48. The number of hydrogen-bond acceptors (Lipinski definition) is 2. The van der Waals surface area contributed by atoms with E-state index in [0.29, 0.717) is 5.02 Å². The molecule has 108 valence electrons. The standard InChI is InChI=1S/C18H17ClO2/c1-12-11-16(13-7-9-15(19)10-8-13)17(18(20)21-12)14-5-3-2-4-6-14/h2-10,12,16-17H,11H2,1H3/t12-,16+,17+/m0/s1. The molecule has 0 spiro atoms. The summed E-state index contributed by atoms with van der Waals surface area (Å²) in [7, 11) is 0. The third-order valence-corrected chi connectivity index (χ3v) is 4.27. The average molecular weight is 301 g/mol. The Labute approximate surface area is 129 Å². The maximum atomic E-state index is 12.4. The van der Waals surface area contributed by atoms with E-state index in [-0.39, 0.29) is 23.9 Å². The molecule has 2 nitrogen and oxygen atoms in total. The van der Waals surface area contributed by atoms with Gasteiger partial charge in [0.2, 0.25) is 0 Å². The lowest BCUT2D eigenvalue weighted by molar-refractivity contribution is -0.156. The molecule has 3 rings (SSSR count). The molecule has 1 heterocycles. The van der Waals surface area contributed by atoms with Gasteiger partial charge < -0.3 is 4.74 Å². The summed E-state index contributed by atoms with van der Waals surface area (Å²) in [6, 6.07) is 17.6.